The van der Waals surface area contributed by atoms with E-state index >= 15 is 0 Å². The zero-order chi connectivity index (χ0) is 25.3. The topological polar surface area (TPSA) is 118 Å². The van der Waals surface area contributed by atoms with Crippen LogP contribution in [0.15, 0.2) is 97.7 Å². The second-order valence-corrected chi connectivity index (χ2v) is 8.73. The standard InChI is InChI=1S/C29H20N8O/c1-2-6-18(7-3-1)17-38-21-12-19(14-30-16-21)20-13-22-25(36-37-28(22)33-15-20)29-34-24-9-11-32-26(27(24)35-29)23-8-4-5-10-31-23/h1-16H,17H2,(H,34,35)(H,33,36,37). The van der Waals surface area contributed by atoms with Gasteiger partial charge in [0.25, 0.3) is 0 Å². The van der Waals surface area contributed by atoms with Gasteiger partial charge in [0.2, 0.25) is 0 Å². The maximum absolute atomic E-state index is 5.97. The van der Waals surface area contributed by atoms with E-state index in [9.17, 15) is 0 Å². The van der Waals surface area contributed by atoms with Crippen LogP contribution in [0.5, 0.6) is 5.75 Å². The first-order valence-electron chi connectivity index (χ1n) is 12.0. The van der Waals surface area contributed by atoms with E-state index in [1.807, 2.05) is 66.7 Å². The molecule has 0 spiro atoms. The minimum atomic E-state index is 0.469. The second kappa shape index (κ2) is 9.21. The molecule has 9 nitrogen and oxygen atoms in total. The zero-order valence-corrected chi connectivity index (χ0v) is 20.0. The maximum Gasteiger partial charge on any atom is 0.159 e. The molecule has 9 heteroatoms. The van der Waals surface area contributed by atoms with Gasteiger partial charge >= 0.3 is 0 Å². The van der Waals surface area contributed by atoms with E-state index in [1.54, 1.807) is 31.0 Å². The van der Waals surface area contributed by atoms with Gasteiger partial charge in [-0.15, -0.1) is 0 Å². The number of hydrogen-bond donors (Lipinski definition) is 2. The lowest BCUT2D eigenvalue weighted by molar-refractivity contribution is 0.305. The number of imidazole rings is 1. The smallest absolute Gasteiger partial charge is 0.159 e. The number of nitrogens with zero attached hydrogens (tertiary/aromatic N) is 6. The van der Waals surface area contributed by atoms with Crippen LogP contribution in [0.4, 0.5) is 0 Å². The third-order valence-electron chi connectivity index (χ3n) is 6.24. The van der Waals surface area contributed by atoms with Crippen molar-refractivity contribution in [1.29, 1.82) is 0 Å². The highest BCUT2D eigenvalue weighted by atomic mass is 16.5. The number of hydrogen-bond acceptors (Lipinski definition) is 7. The first-order chi connectivity index (χ1) is 18.8. The molecular formula is C29H20N8O. The summed E-state index contributed by atoms with van der Waals surface area (Å²) in [5.41, 5.74) is 7.26. The summed E-state index contributed by atoms with van der Waals surface area (Å²) in [5.74, 6) is 1.30. The number of nitrogens with one attached hydrogen (secondary N) is 2. The predicted octanol–water partition coefficient (Wildman–Crippen LogP) is 5.60. The van der Waals surface area contributed by atoms with Gasteiger partial charge in [-0.05, 0) is 35.9 Å². The quantitative estimate of drug-likeness (QED) is 0.308. The van der Waals surface area contributed by atoms with Crippen molar-refractivity contribution < 1.29 is 4.74 Å². The third kappa shape index (κ3) is 4.01. The number of aromatic nitrogens is 8. The Hall–Kier alpha value is -5.44. The summed E-state index contributed by atoms with van der Waals surface area (Å²) < 4.78 is 5.97. The van der Waals surface area contributed by atoms with Gasteiger partial charge in [0, 0.05) is 35.9 Å². The number of fused-ring (bicyclic) bond motifs is 2. The Morgan fingerprint density at radius 2 is 1.66 bits per heavy atom. The fourth-order valence-corrected chi connectivity index (χ4v) is 4.38. The van der Waals surface area contributed by atoms with Crippen molar-refractivity contribution in [3.8, 4) is 39.8 Å². The van der Waals surface area contributed by atoms with Crippen LogP contribution in [0, 0.1) is 0 Å². The van der Waals surface area contributed by atoms with E-state index in [0.717, 1.165) is 38.8 Å². The minimum absolute atomic E-state index is 0.469. The second-order valence-electron chi connectivity index (χ2n) is 8.73. The molecule has 0 fully saturated rings. The van der Waals surface area contributed by atoms with Gasteiger partial charge in [-0.1, -0.05) is 36.4 Å². The summed E-state index contributed by atoms with van der Waals surface area (Å²) in [5, 5.41) is 8.37. The highest BCUT2D eigenvalue weighted by Crippen LogP contribution is 2.31. The minimum Gasteiger partial charge on any atom is -0.487 e. The lowest BCUT2D eigenvalue weighted by Crippen LogP contribution is -1.96. The van der Waals surface area contributed by atoms with Gasteiger partial charge in [0.1, 0.15) is 29.3 Å². The molecule has 182 valence electrons. The molecule has 0 aliphatic rings. The highest BCUT2D eigenvalue weighted by Gasteiger charge is 2.17. The number of pyridine rings is 4. The number of H-pyrrole nitrogens is 2. The Balaban J connectivity index is 1.24. The third-order valence-corrected chi connectivity index (χ3v) is 6.24. The molecule has 6 aromatic heterocycles. The van der Waals surface area contributed by atoms with E-state index in [-0.39, 0.29) is 0 Å². The molecule has 1 aromatic carbocycles. The molecule has 7 aromatic rings. The molecular weight excluding hydrogens is 476 g/mol. The molecule has 0 amide bonds. The molecule has 0 aliphatic heterocycles. The van der Waals surface area contributed by atoms with Crippen molar-refractivity contribution in [3.63, 3.8) is 0 Å². The molecule has 38 heavy (non-hydrogen) atoms. The molecule has 0 radical (unpaired) electrons. The number of aromatic amines is 2. The van der Waals surface area contributed by atoms with E-state index in [2.05, 4.69) is 35.1 Å². The van der Waals surface area contributed by atoms with Crippen molar-refractivity contribution in [2.75, 3.05) is 0 Å². The number of ether oxygens (including phenoxy) is 1. The van der Waals surface area contributed by atoms with Gasteiger partial charge in [-0.2, -0.15) is 5.10 Å². The van der Waals surface area contributed by atoms with Crippen LogP contribution in [-0.4, -0.2) is 40.1 Å². The summed E-state index contributed by atoms with van der Waals surface area (Å²) in [7, 11) is 0. The molecule has 0 saturated carbocycles. The summed E-state index contributed by atoms with van der Waals surface area (Å²) in [4.78, 5) is 26.2. The molecule has 0 atom stereocenters. The first kappa shape index (κ1) is 21.8. The highest BCUT2D eigenvalue weighted by molar-refractivity contribution is 5.95. The maximum atomic E-state index is 5.97. The molecule has 0 bridgehead atoms. The van der Waals surface area contributed by atoms with Gasteiger partial charge < -0.3 is 9.72 Å². The Morgan fingerprint density at radius 1 is 0.763 bits per heavy atom. The van der Waals surface area contributed by atoms with Crippen LogP contribution in [0.1, 0.15) is 5.56 Å². The Bertz CT molecular complexity index is 1880. The van der Waals surface area contributed by atoms with Gasteiger partial charge in [-0.3, -0.25) is 20.1 Å². The van der Waals surface area contributed by atoms with Crippen LogP contribution >= 0.6 is 0 Å². The largest absolute Gasteiger partial charge is 0.487 e. The van der Waals surface area contributed by atoms with Gasteiger partial charge in [0.15, 0.2) is 11.5 Å². The Kier molecular flexibility index (Phi) is 5.29. The molecule has 0 unspecified atom stereocenters. The lowest BCUT2D eigenvalue weighted by Gasteiger charge is -2.08. The van der Waals surface area contributed by atoms with Crippen LogP contribution in [-0.2, 0) is 6.61 Å². The fraction of sp³-hybridized carbons (Fsp3) is 0.0345. The van der Waals surface area contributed by atoms with Crippen molar-refractivity contribution >= 4 is 22.1 Å². The average molecular weight is 497 g/mol. The van der Waals surface area contributed by atoms with Crippen LogP contribution in [0.2, 0.25) is 0 Å². The molecule has 0 saturated heterocycles. The van der Waals surface area contributed by atoms with E-state index in [1.165, 1.54) is 0 Å². The van der Waals surface area contributed by atoms with Crippen LogP contribution in [0.25, 0.3) is 56.1 Å². The normalized spacial score (nSPS) is 11.3. The SMILES string of the molecule is c1ccc(COc2cncc(-c3cnc4[nH]nc(-c5nc6c(-c7ccccn7)nccc6[nH]5)c4c3)c2)cc1. The van der Waals surface area contributed by atoms with E-state index in [4.69, 9.17) is 9.72 Å². The van der Waals surface area contributed by atoms with Crippen LogP contribution in [0.3, 0.4) is 0 Å². The summed E-state index contributed by atoms with van der Waals surface area (Å²) >= 11 is 0. The Labute approximate surface area is 216 Å². The molecule has 2 N–H and O–H groups in total. The van der Waals surface area contributed by atoms with Crippen molar-refractivity contribution in [3.05, 3.63) is 103 Å². The van der Waals surface area contributed by atoms with Crippen molar-refractivity contribution in [1.82, 2.24) is 40.1 Å². The monoisotopic (exact) mass is 496 g/mol. The fourth-order valence-electron chi connectivity index (χ4n) is 4.38. The zero-order valence-electron chi connectivity index (χ0n) is 20.0. The average Bonchev–Trinajstić information content (AvgIpc) is 3.61. The lowest BCUT2D eigenvalue weighted by atomic mass is 10.1. The summed E-state index contributed by atoms with van der Waals surface area (Å²) in [6.07, 6.45) is 8.79. The van der Waals surface area contributed by atoms with Gasteiger partial charge in [-0.25, -0.2) is 9.97 Å². The Morgan fingerprint density at radius 3 is 2.55 bits per heavy atom. The van der Waals surface area contributed by atoms with Gasteiger partial charge in [0.05, 0.1) is 22.8 Å². The van der Waals surface area contributed by atoms with E-state index < -0.39 is 0 Å². The molecule has 7 rings (SSSR count). The molecule has 0 aliphatic carbocycles. The number of rotatable bonds is 6. The van der Waals surface area contributed by atoms with E-state index in [0.29, 0.717) is 35.2 Å². The summed E-state index contributed by atoms with van der Waals surface area (Å²) in [6, 6.07) is 21.7. The number of benzene rings is 1. The van der Waals surface area contributed by atoms with Crippen molar-refractivity contribution in [2.24, 2.45) is 0 Å². The summed E-state index contributed by atoms with van der Waals surface area (Å²) in [6.45, 7) is 0.469. The first-order valence-corrected chi connectivity index (χ1v) is 12.0. The predicted molar refractivity (Wildman–Crippen MR) is 144 cm³/mol. The van der Waals surface area contributed by atoms with Crippen LogP contribution < -0.4 is 4.74 Å². The molecule has 6 heterocycles. The van der Waals surface area contributed by atoms with Crippen molar-refractivity contribution in [2.45, 2.75) is 6.61 Å².